The molecule has 1 amide bonds. The van der Waals surface area contributed by atoms with Crippen molar-refractivity contribution in [2.24, 2.45) is 0 Å². The zero-order chi connectivity index (χ0) is 17.9. The Morgan fingerprint density at radius 1 is 1.04 bits per heavy atom. The first kappa shape index (κ1) is 17.6. The van der Waals surface area contributed by atoms with Gasteiger partial charge in [-0.1, -0.05) is 5.16 Å². The van der Waals surface area contributed by atoms with E-state index in [0.717, 1.165) is 11.3 Å². The molecule has 0 aliphatic rings. The minimum Gasteiger partial charge on any atom is -0.361 e. The number of rotatable bonds is 6. The number of carbonyl (C=O) groups excluding carboxylic acids is 1. The number of amides is 1. The average molecular weight is 333 g/mol. The SMILES string of the molecule is Cc1noc(C)c1CC(=O)NCc1nc(N(C)C)nc(N(C)C)n1. The van der Waals surface area contributed by atoms with Crippen LogP contribution in [0.4, 0.5) is 11.9 Å². The lowest BCUT2D eigenvalue weighted by Gasteiger charge is -2.16. The maximum absolute atomic E-state index is 12.2. The summed E-state index contributed by atoms with van der Waals surface area (Å²) < 4.78 is 5.07. The summed E-state index contributed by atoms with van der Waals surface area (Å²) in [6.07, 6.45) is 0.216. The van der Waals surface area contributed by atoms with Crippen LogP contribution in [0, 0.1) is 13.8 Å². The third-order valence-electron chi connectivity index (χ3n) is 3.42. The second-order valence-electron chi connectivity index (χ2n) is 5.90. The van der Waals surface area contributed by atoms with Crippen LogP contribution < -0.4 is 15.1 Å². The van der Waals surface area contributed by atoms with Gasteiger partial charge in [0.05, 0.1) is 18.7 Å². The van der Waals surface area contributed by atoms with Crippen LogP contribution in [0.5, 0.6) is 0 Å². The van der Waals surface area contributed by atoms with Crippen LogP contribution >= 0.6 is 0 Å². The Kier molecular flexibility index (Phi) is 5.32. The van der Waals surface area contributed by atoms with Gasteiger partial charge in [0.15, 0.2) is 5.82 Å². The van der Waals surface area contributed by atoms with E-state index in [1.54, 1.807) is 16.7 Å². The number of carbonyl (C=O) groups is 1. The molecule has 0 fully saturated rings. The summed E-state index contributed by atoms with van der Waals surface area (Å²) in [4.78, 5) is 28.8. The summed E-state index contributed by atoms with van der Waals surface area (Å²) in [5.74, 6) is 2.12. The van der Waals surface area contributed by atoms with Crippen molar-refractivity contribution in [3.63, 3.8) is 0 Å². The summed E-state index contributed by atoms with van der Waals surface area (Å²) >= 11 is 0. The normalized spacial score (nSPS) is 10.6. The van der Waals surface area contributed by atoms with E-state index in [2.05, 4.69) is 25.4 Å². The zero-order valence-electron chi connectivity index (χ0n) is 14.9. The van der Waals surface area contributed by atoms with Crippen molar-refractivity contribution in [2.75, 3.05) is 38.0 Å². The summed E-state index contributed by atoms with van der Waals surface area (Å²) in [5.41, 5.74) is 1.54. The molecule has 0 bridgehead atoms. The Morgan fingerprint density at radius 2 is 1.62 bits per heavy atom. The number of hydrogen-bond donors (Lipinski definition) is 1. The van der Waals surface area contributed by atoms with Crippen molar-refractivity contribution in [2.45, 2.75) is 26.8 Å². The molecule has 0 aliphatic carbocycles. The minimum atomic E-state index is -0.136. The van der Waals surface area contributed by atoms with Crippen molar-refractivity contribution in [1.29, 1.82) is 0 Å². The number of aromatic nitrogens is 4. The molecule has 0 aromatic carbocycles. The molecule has 0 atom stereocenters. The summed E-state index contributed by atoms with van der Waals surface area (Å²) in [5, 5.41) is 6.68. The van der Waals surface area contributed by atoms with Crippen LogP contribution in [-0.2, 0) is 17.8 Å². The van der Waals surface area contributed by atoms with Crippen molar-refractivity contribution in [3.05, 3.63) is 22.8 Å². The molecule has 0 radical (unpaired) electrons. The minimum absolute atomic E-state index is 0.136. The number of nitrogens with zero attached hydrogens (tertiary/aromatic N) is 6. The highest BCUT2D eigenvalue weighted by Gasteiger charge is 2.15. The second kappa shape index (κ2) is 7.24. The number of aryl methyl sites for hydroxylation is 2. The molecule has 0 unspecified atom stereocenters. The van der Waals surface area contributed by atoms with E-state index in [9.17, 15) is 4.79 Å². The van der Waals surface area contributed by atoms with Gasteiger partial charge < -0.3 is 19.6 Å². The van der Waals surface area contributed by atoms with Gasteiger partial charge in [0, 0.05) is 33.8 Å². The van der Waals surface area contributed by atoms with Crippen molar-refractivity contribution >= 4 is 17.8 Å². The second-order valence-corrected chi connectivity index (χ2v) is 5.90. The molecule has 0 aliphatic heterocycles. The molecule has 2 rings (SSSR count). The Labute approximate surface area is 141 Å². The Morgan fingerprint density at radius 3 is 2.08 bits per heavy atom. The highest BCUT2D eigenvalue weighted by molar-refractivity contribution is 5.78. The van der Waals surface area contributed by atoms with Crippen LogP contribution in [0.1, 0.15) is 22.8 Å². The largest absolute Gasteiger partial charge is 0.361 e. The molecule has 0 spiro atoms. The molecular formula is C15H23N7O2. The van der Waals surface area contributed by atoms with Gasteiger partial charge in [-0.05, 0) is 13.8 Å². The van der Waals surface area contributed by atoms with Crippen LogP contribution in [-0.4, -0.2) is 54.2 Å². The quantitative estimate of drug-likeness (QED) is 0.814. The third-order valence-corrected chi connectivity index (χ3v) is 3.42. The average Bonchev–Trinajstić information content (AvgIpc) is 2.84. The molecule has 1 N–H and O–H groups in total. The Hall–Kier alpha value is -2.71. The fraction of sp³-hybridized carbons (Fsp3) is 0.533. The number of anilines is 2. The molecule has 2 aromatic rings. The molecule has 2 aromatic heterocycles. The summed E-state index contributed by atoms with van der Waals surface area (Å²) in [6, 6.07) is 0. The first-order valence-electron chi connectivity index (χ1n) is 7.56. The first-order valence-corrected chi connectivity index (χ1v) is 7.56. The molecule has 24 heavy (non-hydrogen) atoms. The predicted molar refractivity (Wildman–Crippen MR) is 90.0 cm³/mol. The van der Waals surface area contributed by atoms with Crippen LogP contribution in [0.15, 0.2) is 4.52 Å². The van der Waals surface area contributed by atoms with E-state index in [4.69, 9.17) is 4.52 Å². The van der Waals surface area contributed by atoms with Gasteiger partial charge in [0.2, 0.25) is 17.8 Å². The fourth-order valence-electron chi connectivity index (χ4n) is 2.03. The number of hydrogen-bond acceptors (Lipinski definition) is 8. The molecule has 0 saturated heterocycles. The smallest absolute Gasteiger partial charge is 0.229 e. The van der Waals surface area contributed by atoms with E-state index in [0.29, 0.717) is 23.5 Å². The predicted octanol–water partition coefficient (Wildman–Crippen LogP) is 0.467. The van der Waals surface area contributed by atoms with Gasteiger partial charge in [-0.25, -0.2) is 0 Å². The molecule has 130 valence electrons. The molecule has 2 heterocycles. The molecule has 9 heteroatoms. The standard InChI is InChI=1S/C15H23N7O2/c1-9-11(10(2)24-20-9)7-13(23)16-8-12-17-14(21(3)4)19-15(18-12)22(5)6/h7-8H2,1-6H3,(H,16,23). The summed E-state index contributed by atoms with van der Waals surface area (Å²) in [6.45, 7) is 3.84. The maximum Gasteiger partial charge on any atom is 0.229 e. The lowest BCUT2D eigenvalue weighted by atomic mass is 10.1. The third kappa shape index (κ3) is 4.18. The molecular weight excluding hydrogens is 310 g/mol. The van der Waals surface area contributed by atoms with Crippen LogP contribution in [0.2, 0.25) is 0 Å². The first-order chi connectivity index (χ1) is 11.3. The molecule has 0 saturated carbocycles. The van der Waals surface area contributed by atoms with Crippen molar-refractivity contribution in [1.82, 2.24) is 25.4 Å². The van der Waals surface area contributed by atoms with Crippen molar-refractivity contribution in [3.8, 4) is 0 Å². The van der Waals surface area contributed by atoms with Gasteiger partial charge in [-0.2, -0.15) is 15.0 Å². The Bertz CT molecular complexity index is 679. The maximum atomic E-state index is 12.2. The fourth-order valence-corrected chi connectivity index (χ4v) is 2.03. The molecule has 9 nitrogen and oxygen atoms in total. The van der Waals surface area contributed by atoms with Gasteiger partial charge in [0.1, 0.15) is 5.76 Å². The van der Waals surface area contributed by atoms with Gasteiger partial charge in [-0.3, -0.25) is 4.79 Å². The lowest BCUT2D eigenvalue weighted by molar-refractivity contribution is -0.120. The van der Waals surface area contributed by atoms with Crippen LogP contribution in [0.25, 0.3) is 0 Å². The van der Waals surface area contributed by atoms with Crippen LogP contribution in [0.3, 0.4) is 0 Å². The van der Waals surface area contributed by atoms with E-state index in [1.165, 1.54) is 0 Å². The van der Waals surface area contributed by atoms with E-state index >= 15 is 0 Å². The van der Waals surface area contributed by atoms with Gasteiger partial charge >= 0.3 is 0 Å². The topological polar surface area (TPSA) is 100 Å². The highest BCUT2D eigenvalue weighted by atomic mass is 16.5. The van der Waals surface area contributed by atoms with E-state index in [-0.39, 0.29) is 18.9 Å². The van der Waals surface area contributed by atoms with E-state index < -0.39 is 0 Å². The number of nitrogens with one attached hydrogen (secondary N) is 1. The van der Waals surface area contributed by atoms with Crippen molar-refractivity contribution < 1.29 is 9.32 Å². The lowest BCUT2D eigenvalue weighted by Crippen LogP contribution is -2.27. The summed E-state index contributed by atoms with van der Waals surface area (Å²) in [7, 11) is 7.42. The van der Waals surface area contributed by atoms with E-state index in [1.807, 2.05) is 35.1 Å². The van der Waals surface area contributed by atoms with Gasteiger partial charge in [0.25, 0.3) is 0 Å². The highest BCUT2D eigenvalue weighted by Crippen LogP contribution is 2.13. The van der Waals surface area contributed by atoms with Gasteiger partial charge in [-0.15, -0.1) is 0 Å². The zero-order valence-corrected chi connectivity index (χ0v) is 14.9. The monoisotopic (exact) mass is 333 g/mol. The Balaban J connectivity index is 2.07.